The van der Waals surface area contributed by atoms with Crippen LogP contribution in [0.5, 0.6) is 0 Å². The molecule has 0 aromatic heterocycles. The molecular formula is C13H20BrNO2. The van der Waals surface area contributed by atoms with Crippen LogP contribution in [0.4, 0.5) is 0 Å². The Balaban J connectivity index is 1.74. The molecule has 4 rings (SSSR count). The van der Waals surface area contributed by atoms with Crippen LogP contribution in [-0.4, -0.2) is 27.5 Å². The summed E-state index contributed by atoms with van der Waals surface area (Å²) in [4.78, 5) is 11.7. The number of carbonyl (C=O) groups is 1. The van der Waals surface area contributed by atoms with Crippen molar-refractivity contribution >= 4 is 21.8 Å². The summed E-state index contributed by atoms with van der Waals surface area (Å²) in [6, 6.07) is 0.305. The van der Waals surface area contributed by atoms with Crippen LogP contribution in [-0.2, 0) is 4.79 Å². The number of hydrogen-bond donors (Lipinski definition) is 2. The standard InChI is InChI=1S/C13H20BrNO2/c1-7(14)12(16)15-11-9-2-8-3-10(11)6-13(17,4-8)5-9/h7-11,17H,2-6H2,1H3,(H,15,16)/t7-,8?,9-,10+,11?,13?/m1/s1. The van der Waals surface area contributed by atoms with Gasteiger partial charge in [0.25, 0.3) is 0 Å². The van der Waals surface area contributed by atoms with E-state index in [4.69, 9.17) is 0 Å². The Morgan fingerprint density at radius 1 is 1.35 bits per heavy atom. The first-order valence-electron chi connectivity index (χ1n) is 6.64. The van der Waals surface area contributed by atoms with Gasteiger partial charge in [-0.15, -0.1) is 0 Å². The molecule has 6 atom stereocenters. The number of alkyl halides is 1. The summed E-state index contributed by atoms with van der Waals surface area (Å²) in [7, 11) is 0. The summed E-state index contributed by atoms with van der Waals surface area (Å²) in [5, 5.41) is 13.6. The highest BCUT2D eigenvalue weighted by molar-refractivity contribution is 9.10. The number of halogens is 1. The average molecular weight is 302 g/mol. The fraction of sp³-hybridized carbons (Fsp3) is 0.923. The number of aliphatic hydroxyl groups is 1. The summed E-state index contributed by atoms with van der Waals surface area (Å²) >= 11 is 3.32. The largest absolute Gasteiger partial charge is 0.390 e. The molecule has 0 aromatic carbocycles. The first-order chi connectivity index (χ1) is 7.97. The van der Waals surface area contributed by atoms with Crippen molar-refractivity contribution in [1.29, 1.82) is 0 Å². The van der Waals surface area contributed by atoms with Crippen LogP contribution in [0, 0.1) is 17.8 Å². The minimum atomic E-state index is -0.405. The molecule has 0 spiro atoms. The van der Waals surface area contributed by atoms with Gasteiger partial charge in [-0.1, -0.05) is 15.9 Å². The van der Waals surface area contributed by atoms with Gasteiger partial charge in [-0.25, -0.2) is 0 Å². The van der Waals surface area contributed by atoms with Crippen LogP contribution < -0.4 is 5.32 Å². The van der Waals surface area contributed by atoms with Gasteiger partial charge in [-0.3, -0.25) is 4.79 Å². The van der Waals surface area contributed by atoms with Crippen molar-refractivity contribution in [3.63, 3.8) is 0 Å². The van der Waals surface area contributed by atoms with Gasteiger partial charge in [0.15, 0.2) is 0 Å². The van der Waals surface area contributed by atoms with Crippen LogP contribution in [0.3, 0.4) is 0 Å². The normalized spacial score (nSPS) is 49.1. The van der Waals surface area contributed by atoms with Gasteiger partial charge in [-0.2, -0.15) is 0 Å². The van der Waals surface area contributed by atoms with Crippen molar-refractivity contribution < 1.29 is 9.90 Å². The lowest BCUT2D eigenvalue weighted by molar-refractivity contribution is -0.146. The fourth-order valence-corrected chi connectivity index (χ4v) is 4.63. The van der Waals surface area contributed by atoms with Gasteiger partial charge in [0.2, 0.25) is 5.91 Å². The predicted octanol–water partition coefficient (Wildman–Crippen LogP) is 1.83. The Hall–Kier alpha value is -0.0900. The lowest BCUT2D eigenvalue weighted by Crippen LogP contribution is -2.62. The summed E-state index contributed by atoms with van der Waals surface area (Å²) < 4.78 is 0. The van der Waals surface area contributed by atoms with Crippen LogP contribution >= 0.6 is 15.9 Å². The molecule has 96 valence electrons. The van der Waals surface area contributed by atoms with Gasteiger partial charge >= 0.3 is 0 Å². The minimum absolute atomic E-state index is 0.0921. The molecule has 3 nitrogen and oxygen atoms in total. The third kappa shape index (κ3) is 2.03. The van der Waals surface area contributed by atoms with E-state index in [1.54, 1.807) is 0 Å². The third-order valence-corrected chi connectivity index (χ3v) is 5.33. The average Bonchev–Trinajstić information content (AvgIpc) is 2.20. The molecule has 4 aliphatic carbocycles. The van der Waals surface area contributed by atoms with E-state index >= 15 is 0 Å². The Bertz CT molecular complexity index is 328. The second kappa shape index (κ2) is 3.95. The van der Waals surface area contributed by atoms with Crippen molar-refractivity contribution in [1.82, 2.24) is 5.32 Å². The van der Waals surface area contributed by atoms with Crippen molar-refractivity contribution in [2.75, 3.05) is 0 Å². The van der Waals surface area contributed by atoms with Gasteiger partial charge in [-0.05, 0) is 56.8 Å². The van der Waals surface area contributed by atoms with E-state index in [1.165, 1.54) is 12.8 Å². The molecule has 0 saturated heterocycles. The lowest BCUT2D eigenvalue weighted by atomic mass is 9.52. The maximum Gasteiger partial charge on any atom is 0.233 e. The quantitative estimate of drug-likeness (QED) is 0.765. The molecule has 4 aliphatic rings. The number of rotatable bonds is 2. The smallest absolute Gasteiger partial charge is 0.233 e. The highest BCUT2D eigenvalue weighted by atomic mass is 79.9. The molecule has 2 N–H and O–H groups in total. The highest BCUT2D eigenvalue weighted by Gasteiger charge is 2.55. The zero-order valence-electron chi connectivity index (χ0n) is 10.2. The van der Waals surface area contributed by atoms with E-state index in [0.29, 0.717) is 23.8 Å². The third-order valence-electron chi connectivity index (χ3n) is 4.91. The second-order valence-corrected chi connectivity index (χ2v) is 7.72. The maximum atomic E-state index is 11.8. The number of hydrogen-bond acceptors (Lipinski definition) is 2. The van der Waals surface area contributed by atoms with Gasteiger partial charge in [0, 0.05) is 6.04 Å². The van der Waals surface area contributed by atoms with Crippen LogP contribution in [0.2, 0.25) is 0 Å². The van der Waals surface area contributed by atoms with Crippen molar-refractivity contribution in [2.24, 2.45) is 17.8 Å². The molecular weight excluding hydrogens is 282 g/mol. The van der Waals surface area contributed by atoms with Crippen molar-refractivity contribution in [3.05, 3.63) is 0 Å². The molecule has 0 aromatic rings. The van der Waals surface area contributed by atoms with Crippen LogP contribution in [0.25, 0.3) is 0 Å². The Kier molecular flexibility index (Phi) is 2.78. The monoisotopic (exact) mass is 301 g/mol. The Morgan fingerprint density at radius 3 is 2.41 bits per heavy atom. The second-order valence-electron chi connectivity index (χ2n) is 6.34. The zero-order valence-corrected chi connectivity index (χ0v) is 11.7. The Labute approximate surface area is 110 Å². The molecule has 0 heterocycles. The lowest BCUT2D eigenvalue weighted by Gasteiger charge is -2.58. The van der Waals surface area contributed by atoms with E-state index in [0.717, 1.165) is 19.3 Å². The Morgan fingerprint density at radius 2 is 1.94 bits per heavy atom. The van der Waals surface area contributed by atoms with Crippen molar-refractivity contribution in [2.45, 2.75) is 55.5 Å². The number of carbonyl (C=O) groups excluding carboxylic acids is 1. The maximum absolute atomic E-state index is 11.8. The molecule has 1 amide bonds. The van der Waals surface area contributed by atoms with E-state index < -0.39 is 5.60 Å². The molecule has 4 saturated carbocycles. The van der Waals surface area contributed by atoms with Gasteiger partial charge in [0.1, 0.15) is 0 Å². The van der Waals surface area contributed by atoms with Gasteiger partial charge < -0.3 is 10.4 Å². The molecule has 0 aliphatic heterocycles. The first kappa shape index (κ1) is 12.0. The van der Waals surface area contributed by atoms with Crippen LogP contribution in [0.15, 0.2) is 0 Å². The minimum Gasteiger partial charge on any atom is -0.390 e. The van der Waals surface area contributed by atoms with Crippen LogP contribution in [0.1, 0.15) is 39.0 Å². The molecule has 4 bridgehead atoms. The van der Waals surface area contributed by atoms with E-state index in [9.17, 15) is 9.90 Å². The van der Waals surface area contributed by atoms with E-state index in [1.807, 2.05) is 6.92 Å². The SMILES string of the molecule is C[C@@H](Br)C(=O)NC1[C@@H]2CC3C[C@H]1CC(O)(C3)C2. The summed E-state index contributed by atoms with van der Waals surface area (Å²) in [5.74, 6) is 1.80. The summed E-state index contributed by atoms with van der Waals surface area (Å²) in [6.45, 7) is 1.86. The highest BCUT2D eigenvalue weighted by Crippen LogP contribution is 2.55. The van der Waals surface area contributed by atoms with Gasteiger partial charge in [0.05, 0.1) is 10.4 Å². The topological polar surface area (TPSA) is 49.3 Å². The molecule has 0 radical (unpaired) electrons. The zero-order chi connectivity index (χ0) is 12.2. The van der Waals surface area contributed by atoms with E-state index in [-0.39, 0.29) is 10.7 Å². The molecule has 3 unspecified atom stereocenters. The number of amides is 1. The molecule has 4 heteroatoms. The number of nitrogens with one attached hydrogen (secondary N) is 1. The van der Waals surface area contributed by atoms with E-state index in [2.05, 4.69) is 21.2 Å². The first-order valence-corrected chi connectivity index (χ1v) is 7.55. The fourth-order valence-electron chi connectivity index (χ4n) is 4.50. The molecule has 4 fully saturated rings. The summed E-state index contributed by atoms with van der Waals surface area (Å²) in [5.41, 5.74) is -0.405. The van der Waals surface area contributed by atoms with Crippen molar-refractivity contribution in [3.8, 4) is 0 Å². The molecule has 17 heavy (non-hydrogen) atoms. The predicted molar refractivity (Wildman–Crippen MR) is 68.8 cm³/mol. The summed E-state index contributed by atoms with van der Waals surface area (Å²) in [6.07, 6.45) is 5.17.